The second-order valence-electron chi connectivity index (χ2n) is 8.79. The van der Waals surface area contributed by atoms with Crippen LogP contribution in [0.5, 0.6) is 0 Å². The number of hydrogen-bond donors (Lipinski definition) is 4. The minimum Gasteiger partial charge on any atom is -0.387 e. The smallest absolute Gasteiger partial charge is 0.257 e. The summed E-state index contributed by atoms with van der Waals surface area (Å²) in [5, 5.41) is 17.3. The number of amides is 1. The SMILES string of the molecule is Cc1ccc(C(O)CNC2=C(c3nc4c(C)cc(N5CCOCC5)cc4[nH]3)C(=O)NC2)cc1Cl. The first-order valence-corrected chi connectivity index (χ1v) is 11.8. The Kier molecular flexibility index (Phi) is 6.20. The average Bonchev–Trinajstić information content (AvgIpc) is 3.43. The molecule has 178 valence electrons. The van der Waals surface area contributed by atoms with Crippen LogP contribution in [0, 0.1) is 13.8 Å². The highest BCUT2D eigenvalue weighted by atomic mass is 35.5. The second kappa shape index (κ2) is 9.29. The van der Waals surface area contributed by atoms with E-state index in [4.69, 9.17) is 21.3 Å². The van der Waals surface area contributed by atoms with Gasteiger partial charge in [0.2, 0.25) is 0 Å². The Bertz CT molecular complexity index is 1280. The number of aliphatic hydroxyl groups excluding tert-OH is 1. The number of fused-ring (bicyclic) bond motifs is 1. The predicted octanol–water partition coefficient (Wildman–Crippen LogP) is 2.83. The first kappa shape index (κ1) is 22.7. The zero-order valence-corrected chi connectivity index (χ0v) is 20.0. The number of aromatic amines is 1. The van der Waals surface area contributed by atoms with Gasteiger partial charge in [-0.1, -0.05) is 23.7 Å². The largest absolute Gasteiger partial charge is 0.387 e. The number of hydrogen-bond acceptors (Lipinski definition) is 6. The summed E-state index contributed by atoms with van der Waals surface area (Å²) >= 11 is 6.20. The normalized spacial score (nSPS) is 17.4. The van der Waals surface area contributed by atoms with E-state index < -0.39 is 6.10 Å². The van der Waals surface area contributed by atoms with Crippen LogP contribution in [-0.4, -0.2) is 60.4 Å². The zero-order chi connectivity index (χ0) is 23.8. The van der Waals surface area contributed by atoms with Crippen molar-refractivity contribution in [2.45, 2.75) is 20.0 Å². The molecule has 3 heterocycles. The maximum absolute atomic E-state index is 12.7. The number of carbonyl (C=O) groups excluding carboxylic acids is 1. The molecule has 0 radical (unpaired) electrons. The fraction of sp³-hybridized carbons (Fsp3) is 0.360. The van der Waals surface area contributed by atoms with Gasteiger partial charge in [0.15, 0.2) is 0 Å². The standard InChI is InChI=1S/C25H28ClN5O3/c1-14-3-4-16(10-18(14)26)21(32)13-27-20-12-28-25(33)22(20)24-29-19-11-17(9-15(2)23(19)30-24)31-5-7-34-8-6-31/h3-4,9-11,21,27,32H,5-8,12-13H2,1-2H3,(H,28,33)(H,29,30). The van der Waals surface area contributed by atoms with E-state index in [0.717, 1.165) is 46.5 Å². The Labute approximate surface area is 203 Å². The fourth-order valence-corrected chi connectivity index (χ4v) is 4.62. The maximum atomic E-state index is 12.7. The van der Waals surface area contributed by atoms with Crippen LogP contribution in [0.15, 0.2) is 36.0 Å². The van der Waals surface area contributed by atoms with Gasteiger partial charge in [-0.15, -0.1) is 0 Å². The number of rotatable bonds is 6. The molecule has 0 aliphatic carbocycles. The number of imidazole rings is 1. The van der Waals surface area contributed by atoms with Gasteiger partial charge in [0, 0.05) is 36.0 Å². The minimum absolute atomic E-state index is 0.194. The van der Waals surface area contributed by atoms with Gasteiger partial charge in [0.25, 0.3) is 5.91 Å². The summed E-state index contributed by atoms with van der Waals surface area (Å²) in [5.41, 5.74) is 6.74. The van der Waals surface area contributed by atoms with Crippen LogP contribution in [0.4, 0.5) is 5.69 Å². The van der Waals surface area contributed by atoms with E-state index in [1.165, 1.54) is 0 Å². The lowest BCUT2D eigenvalue weighted by Gasteiger charge is -2.29. The van der Waals surface area contributed by atoms with E-state index in [2.05, 4.69) is 32.7 Å². The molecular formula is C25H28ClN5O3. The minimum atomic E-state index is -0.767. The predicted molar refractivity (Wildman–Crippen MR) is 133 cm³/mol. The number of aromatic nitrogens is 2. The van der Waals surface area contributed by atoms with E-state index in [-0.39, 0.29) is 12.5 Å². The number of H-pyrrole nitrogens is 1. The summed E-state index contributed by atoms with van der Waals surface area (Å²) in [4.78, 5) is 23.1. The Morgan fingerprint density at radius 3 is 2.76 bits per heavy atom. The van der Waals surface area contributed by atoms with Crippen LogP contribution in [0.2, 0.25) is 5.02 Å². The molecule has 3 aromatic rings. The lowest BCUT2D eigenvalue weighted by molar-refractivity contribution is -0.114. The van der Waals surface area contributed by atoms with Gasteiger partial charge in [-0.05, 0) is 48.7 Å². The van der Waals surface area contributed by atoms with Crippen molar-refractivity contribution in [3.63, 3.8) is 0 Å². The van der Waals surface area contributed by atoms with Crippen molar-refractivity contribution >= 4 is 39.8 Å². The lowest BCUT2D eigenvalue weighted by atomic mass is 10.1. The summed E-state index contributed by atoms with van der Waals surface area (Å²) in [7, 11) is 0. The van der Waals surface area contributed by atoms with Gasteiger partial charge in [-0.3, -0.25) is 4.79 Å². The molecule has 2 aliphatic heterocycles. The molecule has 0 bridgehead atoms. The fourth-order valence-electron chi connectivity index (χ4n) is 4.43. The highest BCUT2D eigenvalue weighted by Crippen LogP contribution is 2.29. The highest BCUT2D eigenvalue weighted by Gasteiger charge is 2.27. The number of nitrogens with zero attached hydrogens (tertiary/aromatic N) is 2. The first-order chi connectivity index (χ1) is 16.4. The quantitative estimate of drug-likeness (QED) is 0.432. The molecule has 0 spiro atoms. The number of nitrogens with one attached hydrogen (secondary N) is 3. The third-order valence-electron chi connectivity index (χ3n) is 6.42. The van der Waals surface area contributed by atoms with E-state index in [1.54, 1.807) is 6.07 Å². The Morgan fingerprint density at radius 2 is 2.00 bits per heavy atom. The number of anilines is 1. The third kappa shape index (κ3) is 4.36. The number of carbonyl (C=O) groups is 1. The number of ether oxygens (including phenoxy) is 1. The van der Waals surface area contributed by atoms with Crippen LogP contribution in [-0.2, 0) is 9.53 Å². The Balaban J connectivity index is 1.41. The highest BCUT2D eigenvalue weighted by molar-refractivity contribution is 6.31. The molecule has 34 heavy (non-hydrogen) atoms. The van der Waals surface area contributed by atoms with Crippen LogP contribution >= 0.6 is 11.6 Å². The van der Waals surface area contributed by atoms with Crippen molar-refractivity contribution in [2.75, 3.05) is 44.3 Å². The summed E-state index contributed by atoms with van der Waals surface area (Å²) < 4.78 is 5.47. The molecule has 4 N–H and O–H groups in total. The molecule has 1 atom stereocenters. The molecule has 8 nitrogen and oxygen atoms in total. The summed E-state index contributed by atoms with van der Waals surface area (Å²) in [6.07, 6.45) is -0.767. The topological polar surface area (TPSA) is 103 Å². The van der Waals surface area contributed by atoms with Crippen molar-refractivity contribution in [1.82, 2.24) is 20.6 Å². The van der Waals surface area contributed by atoms with E-state index in [0.29, 0.717) is 41.9 Å². The number of morpholine rings is 1. The number of benzene rings is 2. The molecule has 2 aliphatic rings. The second-order valence-corrected chi connectivity index (χ2v) is 9.19. The van der Waals surface area contributed by atoms with Crippen molar-refractivity contribution in [1.29, 1.82) is 0 Å². The average molecular weight is 482 g/mol. The molecule has 1 amide bonds. The number of aryl methyl sites for hydroxylation is 2. The Morgan fingerprint density at radius 1 is 1.21 bits per heavy atom. The van der Waals surface area contributed by atoms with Gasteiger partial charge in [-0.2, -0.15) is 0 Å². The van der Waals surface area contributed by atoms with Crippen LogP contribution in [0.1, 0.15) is 28.6 Å². The van der Waals surface area contributed by atoms with Crippen molar-refractivity contribution in [3.8, 4) is 0 Å². The molecule has 2 aromatic carbocycles. The van der Waals surface area contributed by atoms with E-state index >= 15 is 0 Å². The summed E-state index contributed by atoms with van der Waals surface area (Å²) in [5.74, 6) is 0.322. The van der Waals surface area contributed by atoms with Gasteiger partial charge in [-0.25, -0.2) is 4.98 Å². The third-order valence-corrected chi connectivity index (χ3v) is 6.83. The van der Waals surface area contributed by atoms with Gasteiger partial charge >= 0.3 is 0 Å². The number of aliphatic hydroxyl groups is 1. The maximum Gasteiger partial charge on any atom is 0.257 e. The molecule has 1 fully saturated rings. The lowest BCUT2D eigenvalue weighted by Crippen LogP contribution is -2.36. The van der Waals surface area contributed by atoms with Crippen molar-refractivity contribution in [2.24, 2.45) is 0 Å². The van der Waals surface area contributed by atoms with E-state index in [1.807, 2.05) is 26.0 Å². The molecule has 5 rings (SSSR count). The molecule has 0 saturated carbocycles. The molecule has 9 heteroatoms. The summed E-state index contributed by atoms with van der Waals surface area (Å²) in [6.45, 7) is 7.68. The first-order valence-electron chi connectivity index (χ1n) is 11.4. The van der Waals surface area contributed by atoms with E-state index in [9.17, 15) is 9.90 Å². The molecule has 1 unspecified atom stereocenters. The van der Waals surface area contributed by atoms with Crippen LogP contribution in [0.25, 0.3) is 16.6 Å². The van der Waals surface area contributed by atoms with Gasteiger partial charge < -0.3 is 30.4 Å². The van der Waals surface area contributed by atoms with Gasteiger partial charge in [0.05, 0.1) is 36.9 Å². The summed E-state index contributed by atoms with van der Waals surface area (Å²) in [6, 6.07) is 9.72. The van der Waals surface area contributed by atoms with Gasteiger partial charge in [0.1, 0.15) is 11.4 Å². The molecular weight excluding hydrogens is 454 g/mol. The number of halogens is 1. The zero-order valence-electron chi connectivity index (χ0n) is 19.2. The van der Waals surface area contributed by atoms with Crippen LogP contribution < -0.4 is 15.5 Å². The van der Waals surface area contributed by atoms with Crippen molar-refractivity contribution < 1.29 is 14.6 Å². The monoisotopic (exact) mass is 481 g/mol. The molecule has 1 saturated heterocycles. The Hall–Kier alpha value is -3.07. The molecule has 1 aromatic heterocycles. The van der Waals surface area contributed by atoms with Crippen molar-refractivity contribution in [3.05, 3.63) is 63.6 Å². The van der Waals surface area contributed by atoms with Crippen LogP contribution in [0.3, 0.4) is 0 Å².